The molecule has 7 nitrogen and oxygen atoms in total. The number of nitrogens with two attached hydrogens (primary N) is 2. The van der Waals surface area contributed by atoms with Gasteiger partial charge in [0.1, 0.15) is 5.82 Å². The summed E-state index contributed by atoms with van der Waals surface area (Å²) in [6, 6.07) is 7.00. The van der Waals surface area contributed by atoms with Gasteiger partial charge in [-0.25, -0.2) is 4.98 Å². The molecule has 2 aromatic rings. The van der Waals surface area contributed by atoms with Crippen molar-refractivity contribution in [3.8, 4) is 0 Å². The van der Waals surface area contributed by atoms with Crippen LogP contribution < -0.4 is 16.8 Å². The Morgan fingerprint density at radius 2 is 2.11 bits per heavy atom. The molecule has 0 bridgehead atoms. The summed E-state index contributed by atoms with van der Waals surface area (Å²) in [6.45, 7) is 5.60. The summed E-state index contributed by atoms with van der Waals surface area (Å²) < 4.78 is 11.4. The van der Waals surface area contributed by atoms with Crippen molar-refractivity contribution in [3.63, 3.8) is 0 Å². The fourth-order valence-electron chi connectivity index (χ4n) is 2.34. The smallest absolute Gasteiger partial charge is 0.221 e. The molecule has 0 saturated carbocycles. The molecule has 2 atom stereocenters. The van der Waals surface area contributed by atoms with Crippen LogP contribution in [0.3, 0.4) is 0 Å². The Morgan fingerprint density at radius 3 is 2.75 bits per heavy atom. The lowest BCUT2D eigenvalue weighted by Gasteiger charge is -2.14. The van der Waals surface area contributed by atoms with Gasteiger partial charge < -0.3 is 22.2 Å². The molecule has 0 aliphatic rings. The number of anilines is 4. The highest BCUT2D eigenvalue weighted by Crippen LogP contribution is 2.24. The number of hydrogen-bond donors (Lipinski definition) is 4. The first-order valence-corrected chi connectivity index (χ1v) is 10.0. The van der Waals surface area contributed by atoms with Gasteiger partial charge in [-0.3, -0.25) is 4.21 Å². The third kappa shape index (κ3) is 5.62. The average molecular weight is 397 g/mol. The number of nitrogens with zero attached hydrogens (tertiary/aromatic N) is 2. The van der Waals surface area contributed by atoms with Gasteiger partial charge in [-0.15, -0.1) is 6.58 Å². The summed E-state index contributed by atoms with van der Waals surface area (Å²) in [7, 11) is -1.02. The van der Waals surface area contributed by atoms with Crippen LogP contribution in [0, 0.1) is 11.3 Å². The molecule has 2 rings (SSSR count). The van der Waals surface area contributed by atoms with Crippen LogP contribution in [0.5, 0.6) is 0 Å². The minimum atomic E-state index is -1.02. The summed E-state index contributed by atoms with van der Waals surface area (Å²) >= 11 is 0. The van der Waals surface area contributed by atoms with Crippen molar-refractivity contribution in [1.29, 1.82) is 5.41 Å². The summed E-state index contributed by atoms with van der Waals surface area (Å²) in [4.78, 5) is 8.71. The van der Waals surface area contributed by atoms with Crippen LogP contribution in [-0.2, 0) is 10.8 Å². The second kappa shape index (κ2) is 9.61. The van der Waals surface area contributed by atoms with Gasteiger partial charge in [0.2, 0.25) is 5.95 Å². The van der Waals surface area contributed by atoms with E-state index in [4.69, 9.17) is 16.9 Å². The van der Waals surface area contributed by atoms with Crippen molar-refractivity contribution < 1.29 is 4.21 Å². The highest BCUT2D eigenvalue weighted by Gasteiger charge is 2.14. The molecule has 0 saturated heterocycles. The summed E-state index contributed by atoms with van der Waals surface area (Å²) in [5, 5.41) is 11.7. The molecule has 2 unspecified atom stereocenters. The second-order valence-electron chi connectivity index (χ2n) is 6.02. The molecular formula is C20H24N6OS. The SMILES string of the molecule is C=CC(/C=C/C=C(\C)S(C)=O)C(=N)c1cc(Nc2ccnc(N)n2)ccc1N. The van der Waals surface area contributed by atoms with E-state index in [9.17, 15) is 4.21 Å². The van der Waals surface area contributed by atoms with E-state index in [1.54, 1.807) is 61.9 Å². The van der Waals surface area contributed by atoms with E-state index in [1.807, 2.05) is 6.08 Å². The predicted octanol–water partition coefficient (Wildman–Crippen LogP) is 3.39. The van der Waals surface area contributed by atoms with E-state index < -0.39 is 10.8 Å². The van der Waals surface area contributed by atoms with Gasteiger partial charge in [-0.2, -0.15) is 4.98 Å². The molecule has 28 heavy (non-hydrogen) atoms. The molecule has 0 spiro atoms. The molecule has 6 N–H and O–H groups in total. The fraction of sp³-hybridized carbons (Fsp3) is 0.150. The monoisotopic (exact) mass is 396 g/mol. The molecule has 0 amide bonds. The third-order valence-electron chi connectivity index (χ3n) is 3.98. The van der Waals surface area contributed by atoms with Crippen LogP contribution in [0.4, 0.5) is 23.1 Å². The molecular weight excluding hydrogens is 372 g/mol. The van der Waals surface area contributed by atoms with E-state index >= 15 is 0 Å². The van der Waals surface area contributed by atoms with Crippen LogP contribution in [0.2, 0.25) is 0 Å². The van der Waals surface area contributed by atoms with Crippen LogP contribution in [0.1, 0.15) is 12.5 Å². The molecule has 1 aromatic carbocycles. The lowest BCUT2D eigenvalue weighted by atomic mass is 9.94. The molecule has 1 heterocycles. The number of nitrogen functional groups attached to an aromatic ring is 2. The third-order valence-corrected chi connectivity index (χ3v) is 5.02. The summed E-state index contributed by atoms with van der Waals surface area (Å²) in [5.74, 6) is 0.367. The number of aromatic nitrogens is 2. The second-order valence-corrected chi connectivity index (χ2v) is 7.57. The quantitative estimate of drug-likeness (QED) is 0.234. The standard InChI is InChI=1S/C20H24N6OS/c1-4-14(7-5-6-13(2)28(3)27)19(22)16-12-15(8-9-17(16)21)25-18-10-11-24-20(23)26-18/h4-12,14,22H,1,21H2,2-3H3,(H3,23,24,25,26)/b7-5+,13-6+,22-19?. The zero-order valence-electron chi connectivity index (χ0n) is 15.8. The van der Waals surface area contributed by atoms with Gasteiger partial charge in [0, 0.05) is 51.0 Å². The van der Waals surface area contributed by atoms with Crippen molar-refractivity contribution in [2.24, 2.45) is 5.92 Å². The number of nitrogens with one attached hydrogen (secondary N) is 2. The van der Waals surface area contributed by atoms with E-state index in [2.05, 4.69) is 21.9 Å². The Kier molecular flexibility index (Phi) is 7.22. The van der Waals surface area contributed by atoms with Crippen molar-refractivity contribution in [1.82, 2.24) is 9.97 Å². The van der Waals surface area contributed by atoms with Crippen LogP contribution in [0.25, 0.3) is 0 Å². The average Bonchev–Trinajstić information content (AvgIpc) is 2.66. The van der Waals surface area contributed by atoms with E-state index in [-0.39, 0.29) is 11.9 Å². The zero-order chi connectivity index (χ0) is 20.7. The van der Waals surface area contributed by atoms with Crippen molar-refractivity contribution >= 4 is 39.7 Å². The van der Waals surface area contributed by atoms with Gasteiger partial charge in [-0.1, -0.05) is 24.3 Å². The van der Waals surface area contributed by atoms with Crippen molar-refractivity contribution in [2.45, 2.75) is 6.92 Å². The number of hydrogen-bond acceptors (Lipinski definition) is 7. The number of rotatable bonds is 8. The maximum Gasteiger partial charge on any atom is 0.221 e. The Balaban J connectivity index is 2.25. The summed E-state index contributed by atoms with van der Waals surface area (Å²) in [5.41, 5.74) is 13.8. The van der Waals surface area contributed by atoms with Gasteiger partial charge in [0.05, 0.1) is 5.71 Å². The molecule has 8 heteroatoms. The van der Waals surface area contributed by atoms with Gasteiger partial charge in [-0.05, 0) is 31.2 Å². The number of allylic oxidation sites excluding steroid dienone is 5. The first-order chi connectivity index (χ1) is 13.3. The maximum absolute atomic E-state index is 11.4. The highest BCUT2D eigenvalue weighted by molar-refractivity contribution is 7.88. The minimum absolute atomic E-state index is 0.168. The fourth-order valence-corrected chi connectivity index (χ4v) is 2.61. The molecule has 0 radical (unpaired) electrons. The van der Waals surface area contributed by atoms with E-state index in [1.165, 1.54) is 0 Å². The Morgan fingerprint density at radius 1 is 1.36 bits per heavy atom. The van der Waals surface area contributed by atoms with Crippen LogP contribution >= 0.6 is 0 Å². The Bertz CT molecular complexity index is 967. The first kappa shape index (κ1) is 21.0. The molecule has 146 valence electrons. The molecule has 0 aliphatic heterocycles. The van der Waals surface area contributed by atoms with Crippen molar-refractivity contribution in [2.75, 3.05) is 23.0 Å². The highest BCUT2D eigenvalue weighted by atomic mass is 32.2. The van der Waals surface area contributed by atoms with Crippen molar-refractivity contribution in [3.05, 3.63) is 71.8 Å². The van der Waals surface area contributed by atoms with Gasteiger partial charge in [0.25, 0.3) is 0 Å². The number of benzene rings is 1. The van der Waals surface area contributed by atoms with Crippen LogP contribution in [0.15, 0.2) is 66.3 Å². The molecule has 0 aliphatic carbocycles. The predicted molar refractivity (Wildman–Crippen MR) is 118 cm³/mol. The van der Waals surface area contributed by atoms with Gasteiger partial charge >= 0.3 is 0 Å². The normalized spacial score (nSPS) is 13.9. The lowest BCUT2D eigenvalue weighted by molar-refractivity contribution is 0.690. The minimum Gasteiger partial charge on any atom is -0.398 e. The topological polar surface area (TPSA) is 131 Å². The Labute approximate surface area is 167 Å². The first-order valence-electron chi connectivity index (χ1n) is 8.46. The molecule has 1 aromatic heterocycles. The van der Waals surface area contributed by atoms with Gasteiger partial charge in [0.15, 0.2) is 0 Å². The molecule has 0 fully saturated rings. The zero-order valence-corrected chi connectivity index (χ0v) is 16.7. The van der Waals surface area contributed by atoms with E-state index in [0.29, 0.717) is 22.8 Å². The van der Waals surface area contributed by atoms with Crippen LogP contribution in [-0.4, -0.2) is 26.1 Å². The lowest BCUT2D eigenvalue weighted by Crippen LogP contribution is -2.13. The van der Waals surface area contributed by atoms with E-state index in [0.717, 1.165) is 10.6 Å². The largest absolute Gasteiger partial charge is 0.398 e. The maximum atomic E-state index is 11.4. The Hall–Kier alpha value is -3.26. The summed E-state index contributed by atoms with van der Waals surface area (Å²) in [6.07, 6.45) is 10.2.